The number of hydrogen-bond acceptors (Lipinski definition) is 2. The van der Waals surface area contributed by atoms with Crippen LogP contribution in [0.3, 0.4) is 0 Å². The van der Waals surface area contributed by atoms with Crippen LogP contribution in [0.1, 0.15) is 38.2 Å². The lowest BCUT2D eigenvalue weighted by molar-refractivity contribution is -0.109. The van der Waals surface area contributed by atoms with Gasteiger partial charge in [0.2, 0.25) is 6.41 Å². The largest absolute Gasteiger partial charge is 0.351 e. The van der Waals surface area contributed by atoms with E-state index in [-0.39, 0.29) is 6.04 Å². The molecule has 0 spiro atoms. The van der Waals surface area contributed by atoms with Crippen molar-refractivity contribution in [3.8, 4) is 0 Å². The van der Waals surface area contributed by atoms with Crippen LogP contribution < -0.4 is 5.32 Å². The molecular formula is C16H22Cl2N2O. The average Bonchev–Trinajstić information content (AvgIpc) is 2.46. The summed E-state index contributed by atoms with van der Waals surface area (Å²) in [7, 11) is 0. The van der Waals surface area contributed by atoms with E-state index in [9.17, 15) is 4.79 Å². The first-order chi connectivity index (χ1) is 10.2. The van der Waals surface area contributed by atoms with Crippen molar-refractivity contribution in [3.63, 3.8) is 0 Å². The highest BCUT2D eigenvalue weighted by atomic mass is 35.5. The number of benzene rings is 1. The minimum absolute atomic E-state index is 0.120. The fourth-order valence-corrected chi connectivity index (χ4v) is 2.31. The summed E-state index contributed by atoms with van der Waals surface area (Å²) in [6.45, 7) is 2.99. The maximum atomic E-state index is 10.7. The number of carbonyl (C=O) groups is 1. The summed E-state index contributed by atoms with van der Waals surface area (Å²) >= 11 is 11.9. The highest BCUT2D eigenvalue weighted by molar-refractivity contribution is 6.42. The molecule has 1 atom stereocenters. The molecule has 0 aliphatic rings. The molecule has 0 aromatic heterocycles. The number of halogens is 2. The van der Waals surface area contributed by atoms with Gasteiger partial charge in [0, 0.05) is 12.8 Å². The highest BCUT2D eigenvalue weighted by Crippen LogP contribution is 2.23. The van der Waals surface area contributed by atoms with Gasteiger partial charge < -0.3 is 5.32 Å². The zero-order valence-electron chi connectivity index (χ0n) is 12.3. The number of nitrogens with zero attached hydrogens (tertiary/aromatic N) is 1. The Kier molecular flexibility index (Phi) is 9.11. The van der Waals surface area contributed by atoms with Gasteiger partial charge in [-0.3, -0.25) is 9.79 Å². The lowest BCUT2D eigenvalue weighted by atomic mass is 10.1. The van der Waals surface area contributed by atoms with Crippen LogP contribution >= 0.6 is 23.2 Å². The first-order valence-corrected chi connectivity index (χ1v) is 8.06. The molecule has 0 radical (unpaired) electrons. The second-order valence-electron chi connectivity index (χ2n) is 4.96. The van der Waals surface area contributed by atoms with Crippen molar-refractivity contribution in [2.45, 2.75) is 45.1 Å². The Labute approximate surface area is 136 Å². The molecule has 0 fully saturated rings. The average molecular weight is 329 g/mol. The van der Waals surface area contributed by atoms with Gasteiger partial charge in [0.25, 0.3) is 0 Å². The Hall–Kier alpha value is -1.06. The molecule has 1 rings (SSSR count). The van der Waals surface area contributed by atoms with Crippen LogP contribution in [0.4, 0.5) is 0 Å². The topological polar surface area (TPSA) is 41.5 Å². The maximum absolute atomic E-state index is 10.7. The van der Waals surface area contributed by atoms with E-state index < -0.39 is 0 Å². The standard InChI is InChI=1S/C16H22Cl2N2O/c1-2-3-4-5-8-19-11-14(20-12-21)9-13-6-7-15(17)16(18)10-13/h6-7,10-12,14H,2-5,8-9H2,1H3,(H,20,21). The first-order valence-electron chi connectivity index (χ1n) is 7.31. The molecular weight excluding hydrogens is 307 g/mol. The van der Waals surface area contributed by atoms with Gasteiger partial charge in [0.1, 0.15) is 0 Å². The Morgan fingerprint density at radius 2 is 2.05 bits per heavy atom. The maximum Gasteiger partial charge on any atom is 0.207 e. The van der Waals surface area contributed by atoms with Crippen LogP contribution in [-0.2, 0) is 11.2 Å². The fraction of sp³-hybridized carbons (Fsp3) is 0.500. The Bertz CT molecular complexity index is 464. The summed E-state index contributed by atoms with van der Waals surface area (Å²) in [6, 6.07) is 5.37. The summed E-state index contributed by atoms with van der Waals surface area (Å²) in [6.07, 6.45) is 7.91. The summed E-state index contributed by atoms with van der Waals surface area (Å²) in [5.41, 5.74) is 1.01. The third kappa shape index (κ3) is 7.49. The van der Waals surface area contributed by atoms with Gasteiger partial charge in [-0.05, 0) is 30.5 Å². The van der Waals surface area contributed by atoms with Crippen LogP contribution in [0.2, 0.25) is 10.0 Å². The zero-order chi connectivity index (χ0) is 15.5. The molecule has 0 aliphatic carbocycles. The first kappa shape index (κ1) is 18.0. The normalized spacial score (nSPS) is 12.5. The Morgan fingerprint density at radius 1 is 1.24 bits per heavy atom. The smallest absolute Gasteiger partial charge is 0.207 e. The number of nitrogens with one attached hydrogen (secondary N) is 1. The molecule has 0 bridgehead atoms. The second-order valence-corrected chi connectivity index (χ2v) is 5.77. The van der Waals surface area contributed by atoms with Gasteiger partial charge in [0.05, 0.1) is 16.1 Å². The predicted molar refractivity (Wildman–Crippen MR) is 90.7 cm³/mol. The van der Waals surface area contributed by atoms with E-state index in [0.717, 1.165) is 18.5 Å². The molecule has 116 valence electrons. The number of rotatable bonds is 10. The van der Waals surface area contributed by atoms with Gasteiger partial charge in [0.15, 0.2) is 0 Å². The van der Waals surface area contributed by atoms with Crippen LogP contribution in [0, 0.1) is 0 Å². The molecule has 3 nitrogen and oxygen atoms in total. The van der Waals surface area contributed by atoms with E-state index in [0.29, 0.717) is 22.9 Å². The van der Waals surface area contributed by atoms with Gasteiger partial charge >= 0.3 is 0 Å². The molecule has 0 saturated carbocycles. The molecule has 1 N–H and O–H groups in total. The lowest BCUT2D eigenvalue weighted by Gasteiger charge is -2.11. The number of hydrogen-bond donors (Lipinski definition) is 1. The fourth-order valence-electron chi connectivity index (χ4n) is 1.99. The van der Waals surface area contributed by atoms with Crippen molar-refractivity contribution in [2.24, 2.45) is 4.99 Å². The molecule has 1 amide bonds. The second kappa shape index (κ2) is 10.6. The van der Waals surface area contributed by atoms with E-state index in [1.165, 1.54) is 19.3 Å². The van der Waals surface area contributed by atoms with Gasteiger partial charge in [-0.1, -0.05) is 55.5 Å². The summed E-state index contributed by atoms with van der Waals surface area (Å²) in [4.78, 5) is 15.1. The van der Waals surface area contributed by atoms with Crippen molar-refractivity contribution in [1.82, 2.24) is 5.32 Å². The van der Waals surface area contributed by atoms with Crippen molar-refractivity contribution in [3.05, 3.63) is 33.8 Å². The predicted octanol–water partition coefficient (Wildman–Crippen LogP) is 4.30. The summed E-state index contributed by atoms with van der Waals surface area (Å²) in [5.74, 6) is 0. The Balaban J connectivity index is 2.50. The quantitative estimate of drug-likeness (QED) is 0.388. The van der Waals surface area contributed by atoms with E-state index in [4.69, 9.17) is 23.2 Å². The van der Waals surface area contributed by atoms with E-state index in [2.05, 4.69) is 17.2 Å². The molecule has 1 aromatic rings. The monoisotopic (exact) mass is 328 g/mol. The van der Waals surface area contributed by atoms with Crippen molar-refractivity contribution in [2.75, 3.05) is 6.54 Å². The number of amides is 1. The van der Waals surface area contributed by atoms with Crippen molar-refractivity contribution >= 4 is 35.8 Å². The van der Waals surface area contributed by atoms with E-state index in [1.807, 2.05) is 18.3 Å². The SMILES string of the molecule is CCCCCCN=CC(Cc1ccc(Cl)c(Cl)c1)NC=O. The van der Waals surface area contributed by atoms with Crippen molar-refractivity contribution in [1.29, 1.82) is 0 Å². The Morgan fingerprint density at radius 3 is 2.71 bits per heavy atom. The van der Waals surface area contributed by atoms with E-state index in [1.54, 1.807) is 6.07 Å². The van der Waals surface area contributed by atoms with Crippen LogP contribution in [0.15, 0.2) is 23.2 Å². The molecule has 0 aliphatic heterocycles. The van der Waals surface area contributed by atoms with Crippen molar-refractivity contribution < 1.29 is 4.79 Å². The molecule has 1 aromatic carbocycles. The summed E-state index contributed by atoms with van der Waals surface area (Å²) in [5, 5.41) is 3.82. The zero-order valence-corrected chi connectivity index (χ0v) is 13.8. The lowest BCUT2D eigenvalue weighted by Crippen LogP contribution is -2.31. The minimum atomic E-state index is -0.120. The third-order valence-corrected chi connectivity index (χ3v) is 3.89. The summed E-state index contributed by atoms with van der Waals surface area (Å²) < 4.78 is 0. The van der Waals surface area contributed by atoms with Crippen LogP contribution in [0.5, 0.6) is 0 Å². The molecule has 0 heterocycles. The molecule has 21 heavy (non-hydrogen) atoms. The molecule has 1 unspecified atom stereocenters. The highest BCUT2D eigenvalue weighted by Gasteiger charge is 2.07. The number of aliphatic imine (C=N–C) groups is 1. The van der Waals surface area contributed by atoms with E-state index >= 15 is 0 Å². The van der Waals surface area contributed by atoms with Gasteiger partial charge in [-0.25, -0.2) is 0 Å². The van der Waals surface area contributed by atoms with Gasteiger partial charge in [-0.2, -0.15) is 0 Å². The number of carbonyl (C=O) groups excluding carboxylic acids is 1. The molecule has 0 saturated heterocycles. The van der Waals surface area contributed by atoms with Crippen LogP contribution in [0.25, 0.3) is 0 Å². The minimum Gasteiger partial charge on any atom is -0.351 e. The number of unbranched alkanes of at least 4 members (excludes halogenated alkanes) is 3. The van der Waals surface area contributed by atoms with Crippen LogP contribution in [-0.4, -0.2) is 25.2 Å². The van der Waals surface area contributed by atoms with Gasteiger partial charge in [-0.15, -0.1) is 0 Å². The molecule has 5 heteroatoms. The third-order valence-electron chi connectivity index (χ3n) is 3.15.